The molecule has 3 aliphatic heterocycles. The van der Waals surface area contributed by atoms with E-state index in [0.29, 0.717) is 0 Å². The fourth-order valence-electron chi connectivity index (χ4n) is 5.09. The number of carbonyl (C=O) groups excluding carboxylic acids is 1. The molecule has 0 radical (unpaired) electrons. The number of carboxylic acid groups (broad SMARTS) is 1. The smallest absolute Gasteiger partial charge is 0.337 e. The SMILES string of the molecule is C=C[C@H]1[C@H](O[C@@H]2O[C@H](CO)[C@@H](O)[C@H](O)[C@H]2O)OC=C(C(=O)OC)[C@H]1C[C@H]1O[C@H]2[C@H](O)CC(C(=O)O)=C[C@H]2O1. The van der Waals surface area contributed by atoms with Gasteiger partial charge in [-0.1, -0.05) is 6.08 Å². The van der Waals surface area contributed by atoms with E-state index in [0.717, 1.165) is 6.26 Å². The molecule has 4 rings (SSSR count). The quantitative estimate of drug-likeness (QED) is 0.143. The molecule has 14 heteroatoms. The molecule has 0 saturated carbocycles. The van der Waals surface area contributed by atoms with E-state index in [4.69, 9.17) is 28.4 Å². The maximum atomic E-state index is 12.5. The molecule has 38 heavy (non-hydrogen) atoms. The zero-order valence-corrected chi connectivity index (χ0v) is 20.4. The second kappa shape index (κ2) is 11.8. The summed E-state index contributed by atoms with van der Waals surface area (Å²) in [5.41, 5.74) is 0.0941. The van der Waals surface area contributed by atoms with Gasteiger partial charge >= 0.3 is 11.9 Å². The summed E-state index contributed by atoms with van der Waals surface area (Å²) < 4.78 is 33.4. The third kappa shape index (κ3) is 5.50. The molecule has 3 heterocycles. The number of hydrogen-bond acceptors (Lipinski definition) is 13. The number of aliphatic hydroxyl groups excluding tert-OH is 5. The van der Waals surface area contributed by atoms with Crippen LogP contribution in [0.5, 0.6) is 0 Å². The van der Waals surface area contributed by atoms with Crippen LogP contribution in [0.25, 0.3) is 0 Å². The first-order chi connectivity index (χ1) is 18.1. The molecule has 0 aromatic heterocycles. The van der Waals surface area contributed by atoms with E-state index in [9.17, 15) is 40.2 Å². The first kappa shape index (κ1) is 28.6. The standard InChI is InChI=1S/C24H32O14/c1-3-10-11(6-16-35-14-5-9(21(30)31)4-13(26)20(14)37-16)12(22(32)33-2)8-34-23(10)38-24-19(29)18(28)17(27)15(7-25)36-24/h3,5,8,10-11,13-20,23-29H,1,4,6-7H2,2H3,(H,30,31)/t10-,11+,13-,14-,15-,16-,17-,18+,19-,20+,23+,24+/m1/s1. The number of fused-ring (bicyclic) bond motifs is 1. The van der Waals surface area contributed by atoms with Crippen LogP contribution in [0.2, 0.25) is 0 Å². The summed E-state index contributed by atoms with van der Waals surface area (Å²) in [5.74, 6) is -3.41. The molecule has 0 amide bonds. The van der Waals surface area contributed by atoms with Gasteiger partial charge in [-0.25, -0.2) is 9.59 Å². The van der Waals surface area contributed by atoms with Crippen molar-refractivity contribution in [3.8, 4) is 0 Å². The second-order valence-corrected chi connectivity index (χ2v) is 9.46. The van der Waals surface area contributed by atoms with Crippen molar-refractivity contribution in [1.29, 1.82) is 0 Å². The second-order valence-electron chi connectivity index (χ2n) is 9.46. The van der Waals surface area contributed by atoms with Gasteiger partial charge < -0.3 is 59.1 Å². The van der Waals surface area contributed by atoms with Crippen LogP contribution in [-0.4, -0.2) is 118 Å². The number of carbonyl (C=O) groups is 2. The zero-order valence-electron chi connectivity index (χ0n) is 20.4. The van der Waals surface area contributed by atoms with Gasteiger partial charge in [0.05, 0.1) is 31.7 Å². The molecule has 14 nitrogen and oxygen atoms in total. The third-order valence-electron chi connectivity index (χ3n) is 7.15. The van der Waals surface area contributed by atoms with Gasteiger partial charge in [-0.3, -0.25) is 0 Å². The highest BCUT2D eigenvalue weighted by molar-refractivity contribution is 5.89. The van der Waals surface area contributed by atoms with E-state index in [1.54, 1.807) is 0 Å². The molecule has 2 fully saturated rings. The van der Waals surface area contributed by atoms with E-state index >= 15 is 0 Å². The molecular weight excluding hydrogens is 512 g/mol. The number of methoxy groups -OCH3 is 1. The van der Waals surface area contributed by atoms with Crippen molar-refractivity contribution in [3.05, 3.63) is 36.1 Å². The minimum atomic E-state index is -1.69. The first-order valence-corrected chi connectivity index (χ1v) is 12.0. The minimum Gasteiger partial charge on any atom is -0.478 e. The molecule has 1 aliphatic carbocycles. The van der Waals surface area contributed by atoms with Crippen molar-refractivity contribution >= 4 is 11.9 Å². The number of aliphatic carboxylic acids is 1. The number of hydrogen-bond donors (Lipinski definition) is 6. The highest BCUT2D eigenvalue weighted by Gasteiger charge is 2.50. The highest BCUT2D eigenvalue weighted by Crippen LogP contribution is 2.41. The average Bonchev–Trinajstić information content (AvgIpc) is 3.31. The zero-order chi connectivity index (χ0) is 27.7. The predicted octanol–water partition coefficient (Wildman–Crippen LogP) is -2.09. The monoisotopic (exact) mass is 544 g/mol. The van der Waals surface area contributed by atoms with E-state index in [-0.39, 0.29) is 24.0 Å². The lowest BCUT2D eigenvalue weighted by Gasteiger charge is -2.43. The van der Waals surface area contributed by atoms with E-state index in [1.165, 1.54) is 19.3 Å². The molecule has 2 saturated heterocycles. The Hall–Kier alpha value is -2.40. The van der Waals surface area contributed by atoms with Crippen LogP contribution >= 0.6 is 0 Å². The van der Waals surface area contributed by atoms with Gasteiger partial charge in [0, 0.05) is 30.3 Å². The largest absolute Gasteiger partial charge is 0.478 e. The molecule has 6 N–H and O–H groups in total. The number of rotatable bonds is 8. The predicted molar refractivity (Wildman–Crippen MR) is 121 cm³/mol. The van der Waals surface area contributed by atoms with Crippen molar-refractivity contribution in [2.24, 2.45) is 11.8 Å². The van der Waals surface area contributed by atoms with Crippen LogP contribution < -0.4 is 0 Å². The van der Waals surface area contributed by atoms with Gasteiger partial charge in [-0.15, -0.1) is 6.58 Å². The Labute approximate surface area is 217 Å². The lowest BCUT2D eigenvalue weighted by Crippen LogP contribution is -2.60. The Bertz CT molecular complexity index is 962. The maximum Gasteiger partial charge on any atom is 0.337 e. The van der Waals surface area contributed by atoms with Gasteiger partial charge in [0.25, 0.3) is 0 Å². The summed E-state index contributed by atoms with van der Waals surface area (Å²) in [5, 5.41) is 59.6. The molecule has 4 aliphatic rings. The summed E-state index contributed by atoms with van der Waals surface area (Å²) in [4.78, 5) is 23.9. The van der Waals surface area contributed by atoms with Gasteiger partial charge in [-0.2, -0.15) is 0 Å². The summed E-state index contributed by atoms with van der Waals surface area (Å²) in [6.07, 6.45) is -8.71. The normalized spacial score (nSPS) is 42.8. The lowest BCUT2D eigenvalue weighted by molar-refractivity contribution is -0.339. The maximum absolute atomic E-state index is 12.5. The fourth-order valence-corrected chi connectivity index (χ4v) is 5.09. The average molecular weight is 545 g/mol. The van der Waals surface area contributed by atoms with Crippen molar-refractivity contribution in [2.45, 2.75) is 74.4 Å². The van der Waals surface area contributed by atoms with E-state index in [2.05, 4.69) is 6.58 Å². The van der Waals surface area contributed by atoms with Gasteiger partial charge in [0.15, 0.2) is 12.6 Å². The number of aliphatic hydroxyl groups is 5. The van der Waals surface area contributed by atoms with E-state index < -0.39 is 92.0 Å². The lowest BCUT2D eigenvalue weighted by atomic mass is 9.81. The van der Waals surface area contributed by atoms with Crippen molar-refractivity contribution in [2.75, 3.05) is 13.7 Å². The van der Waals surface area contributed by atoms with E-state index in [1.807, 2.05) is 0 Å². The van der Waals surface area contributed by atoms with Crippen LogP contribution in [0.3, 0.4) is 0 Å². The van der Waals surface area contributed by atoms with Crippen LogP contribution in [0.1, 0.15) is 12.8 Å². The van der Waals surface area contributed by atoms with Crippen LogP contribution in [0, 0.1) is 11.8 Å². The number of carboxylic acids is 1. The van der Waals surface area contributed by atoms with Gasteiger partial charge in [-0.05, 0) is 6.08 Å². The molecule has 12 atom stereocenters. The Morgan fingerprint density at radius 3 is 2.47 bits per heavy atom. The summed E-state index contributed by atoms with van der Waals surface area (Å²) in [6, 6.07) is 0. The van der Waals surface area contributed by atoms with Crippen LogP contribution in [-0.2, 0) is 38.0 Å². The Kier molecular flexibility index (Phi) is 8.86. The molecule has 212 valence electrons. The summed E-state index contributed by atoms with van der Waals surface area (Å²) >= 11 is 0. The highest BCUT2D eigenvalue weighted by atomic mass is 16.8. The minimum absolute atomic E-state index is 0.00109. The molecule has 0 aromatic rings. The molecule has 0 aromatic carbocycles. The molecular formula is C24H32O14. The molecule has 0 bridgehead atoms. The van der Waals surface area contributed by atoms with Crippen molar-refractivity contribution in [1.82, 2.24) is 0 Å². The third-order valence-corrected chi connectivity index (χ3v) is 7.15. The van der Waals surface area contributed by atoms with Gasteiger partial charge in [0.1, 0.15) is 36.6 Å². The topological polar surface area (TPSA) is 211 Å². The molecule has 0 unspecified atom stereocenters. The van der Waals surface area contributed by atoms with Crippen molar-refractivity contribution < 1.29 is 68.6 Å². The summed E-state index contributed by atoms with van der Waals surface area (Å²) in [7, 11) is 1.19. The van der Waals surface area contributed by atoms with Crippen LogP contribution in [0.4, 0.5) is 0 Å². The van der Waals surface area contributed by atoms with Crippen molar-refractivity contribution in [3.63, 3.8) is 0 Å². The number of ether oxygens (including phenoxy) is 6. The Morgan fingerprint density at radius 2 is 1.84 bits per heavy atom. The number of esters is 1. The van der Waals surface area contributed by atoms with Gasteiger partial charge in [0.2, 0.25) is 6.29 Å². The van der Waals surface area contributed by atoms with Crippen LogP contribution in [0.15, 0.2) is 36.1 Å². The first-order valence-electron chi connectivity index (χ1n) is 12.0. The summed E-state index contributed by atoms with van der Waals surface area (Å²) in [6.45, 7) is 3.14. The fraction of sp³-hybridized carbons (Fsp3) is 0.667. The molecule has 0 spiro atoms. The Balaban J connectivity index is 1.53. The Morgan fingerprint density at radius 1 is 1.11 bits per heavy atom.